The van der Waals surface area contributed by atoms with E-state index < -0.39 is 0 Å². The maximum atomic E-state index is 12.9. The lowest BCUT2D eigenvalue weighted by molar-refractivity contribution is 0.0949. The summed E-state index contributed by atoms with van der Waals surface area (Å²) < 4.78 is 7.03. The van der Waals surface area contributed by atoms with Crippen LogP contribution in [0.5, 0.6) is 5.75 Å². The molecule has 0 aliphatic carbocycles. The first-order valence-corrected chi connectivity index (χ1v) is 9.84. The Hall–Kier alpha value is -3.39. The normalized spacial score (nSPS) is 10.8. The van der Waals surface area contributed by atoms with Gasteiger partial charge in [0.25, 0.3) is 11.8 Å². The van der Waals surface area contributed by atoms with Crippen LogP contribution in [0, 0.1) is 0 Å². The van der Waals surface area contributed by atoms with Gasteiger partial charge in [-0.05, 0) is 51.1 Å². The summed E-state index contributed by atoms with van der Waals surface area (Å²) >= 11 is 0. The number of rotatable bonds is 10. The second-order valence-corrected chi connectivity index (χ2v) is 6.43. The molecule has 0 saturated heterocycles. The van der Waals surface area contributed by atoms with Gasteiger partial charge in [0.15, 0.2) is 5.69 Å². The number of nitrogens with zero attached hydrogens (tertiary/aromatic N) is 2. The minimum absolute atomic E-state index is 0.268. The molecule has 4 N–H and O–H groups in total. The van der Waals surface area contributed by atoms with Gasteiger partial charge >= 0.3 is 0 Å². The number of anilines is 1. The van der Waals surface area contributed by atoms with Gasteiger partial charge in [0, 0.05) is 24.3 Å². The molecule has 2 aromatic rings. The molecule has 1 aromatic carbocycles. The van der Waals surface area contributed by atoms with E-state index in [1.165, 1.54) is 7.11 Å². The molecule has 160 valence electrons. The molecule has 0 unspecified atom stereocenters. The average molecular weight is 412 g/mol. The molecule has 2 rings (SSSR count). The van der Waals surface area contributed by atoms with Crippen molar-refractivity contribution in [2.75, 3.05) is 25.5 Å². The number of hydrogen-bond acceptors (Lipinski definition) is 5. The molecule has 2 amide bonds. The van der Waals surface area contributed by atoms with Gasteiger partial charge in [-0.25, -0.2) is 0 Å². The van der Waals surface area contributed by atoms with Gasteiger partial charge in [-0.1, -0.05) is 18.7 Å². The van der Waals surface area contributed by atoms with Crippen molar-refractivity contribution in [3.05, 3.63) is 53.4 Å². The van der Waals surface area contributed by atoms with Gasteiger partial charge in [0.1, 0.15) is 5.75 Å². The number of nitrogens with one attached hydrogen (secondary N) is 2. The molecule has 0 fully saturated rings. The fourth-order valence-corrected chi connectivity index (χ4v) is 2.99. The van der Waals surface area contributed by atoms with Crippen molar-refractivity contribution in [3.63, 3.8) is 0 Å². The number of hydrogen-bond donors (Lipinski definition) is 3. The number of aryl methyl sites for hydroxylation is 1. The van der Waals surface area contributed by atoms with Crippen LogP contribution in [0.4, 0.5) is 5.69 Å². The summed E-state index contributed by atoms with van der Waals surface area (Å²) in [6, 6.07) is 4.88. The van der Waals surface area contributed by atoms with E-state index in [0.717, 1.165) is 5.69 Å². The standard InChI is InChI=1S/C22H29N5O3/c1-5-9-18-16(6-2)20(26-27(18)7-3)22(29)25-15-10-11-19(30-4)17(14-15)21(28)24-13-8-12-23/h5-6,9-11,14H,2,7-8,12-13,23H2,1,3-4H3,(H,24,28)(H,25,29)/b9-5-. The molecule has 0 radical (unpaired) electrons. The molecule has 1 heterocycles. The van der Waals surface area contributed by atoms with Crippen LogP contribution in [0.2, 0.25) is 0 Å². The number of ether oxygens (including phenoxy) is 1. The topological polar surface area (TPSA) is 111 Å². The van der Waals surface area contributed by atoms with Crippen molar-refractivity contribution in [2.45, 2.75) is 26.8 Å². The Kier molecular flexibility index (Phi) is 8.37. The van der Waals surface area contributed by atoms with Gasteiger partial charge in [-0.3, -0.25) is 14.3 Å². The second kappa shape index (κ2) is 11.0. The van der Waals surface area contributed by atoms with Gasteiger partial charge in [-0.2, -0.15) is 5.10 Å². The number of amides is 2. The number of methoxy groups -OCH3 is 1. The third-order valence-corrected chi connectivity index (χ3v) is 4.44. The molecule has 0 saturated carbocycles. The molecule has 0 bridgehead atoms. The highest BCUT2D eigenvalue weighted by molar-refractivity contribution is 6.07. The highest BCUT2D eigenvalue weighted by atomic mass is 16.5. The quantitative estimate of drug-likeness (QED) is 0.521. The molecular formula is C22H29N5O3. The van der Waals surface area contributed by atoms with Crippen LogP contribution in [0.25, 0.3) is 12.2 Å². The average Bonchev–Trinajstić information content (AvgIpc) is 3.11. The van der Waals surface area contributed by atoms with E-state index in [2.05, 4.69) is 22.3 Å². The molecule has 0 aliphatic heterocycles. The number of carbonyl (C=O) groups is 2. The first-order valence-electron chi connectivity index (χ1n) is 9.84. The van der Waals surface area contributed by atoms with Crippen LogP contribution in [0.15, 0.2) is 30.9 Å². The van der Waals surface area contributed by atoms with E-state index in [1.54, 1.807) is 29.0 Å². The van der Waals surface area contributed by atoms with E-state index in [0.29, 0.717) is 48.6 Å². The van der Waals surface area contributed by atoms with Crippen LogP contribution in [0.3, 0.4) is 0 Å². The van der Waals surface area contributed by atoms with Gasteiger partial charge < -0.3 is 21.1 Å². The zero-order valence-electron chi connectivity index (χ0n) is 17.7. The Morgan fingerprint density at radius 2 is 2.10 bits per heavy atom. The van der Waals surface area contributed by atoms with E-state index in [-0.39, 0.29) is 17.5 Å². The Bertz CT molecular complexity index is 946. The lowest BCUT2D eigenvalue weighted by Crippen LogP contribution is -2.26. The van der Waals surface area contributed by atoms with E-state index >= 15 is 0 Å². The minimum Gasteiger partial charge on any atom is -0.496 e. The summed E-state index contributed by atoms with van der Waals surface area (Å²) in [5.41, 5.74) is 7.98. The van der Waals surface area contributed by atoms with Crippen molar-refractivity contribution >= 4 is 29.7 Å². The summed E-state index contributed by atoms with van der Waals surface area (Å²) in [6.45, 7) is 9.23. The largest absolute Gasteiger partial charge is 0.496 e. The Labute approximate surface area is 176 Å². The van der Waals surface area contributed by atoms with Crippen LogP contribution >= 0.6 is 0 Å². The minimum atomic E-state index is -0.387. The number of allylic oxidation sites excluding steroid dienone is 1. The molecule has 1 aromatic heterocycles. The number of carbonyl (C=O) groups excluding carboxylic acids is 2. The molecule has 8 nitrogen and oxygen atoms in total. The summed E-state index contributed by atoms with van der Waals surface area (Å²) in [4.78, 5) is 25.4. The molecule has 30 heavy (non-hydrogen) atoms. The highest BCUT2D eigenvalue weighted by Gasteiger charge is 2.20. The van der Waals surface area contributed by atoms with E-state index in [1.807, 2.05) is 26.0 Å². The SMILES string of the molecule is C=Cc1c(C(=O)Nc2ccc(OC)c(C(=O)NCCCN)c2)nn(CC)c1/C=C\C. The molecule has 0 atom stereocenters. The van der Waals surface area contributed by atoms with Crippen molar-refractivity contribution in [2.24, 2.45) is 5.73 Å². The van der Waals surface area contributed by atoms with Gasteiger partial charge in [-0.15, -0.1) is 0 Å². The first-order chi connectivity index (χ1) is 14.5. The third-order valence-electron chi connectivity index (χ3n) is 4.44. The van der Waals surface area contributed by atoms with Crippen molar-refractivity contribution in [1.29, 1.82) is 0 Å². The Morgan fingerprint density at radius 1 is 1.33 bits per heavy atom. The molecule has 8 heteroatoms. The predicted molar refractivity (Wildman–Crippen MR) is 120 cm³/mol. The zero-order chi connectivity index (χ0) is 22.1. The first kappa shape index (κ1) is 22.9. The van der Waals surface area contributed by atoms with E-state index in [9.17, 15) is 9.59 Å². The van der Waals surface area contributed by atoms with Gasteiger partial charge in [0.05, 0.1) is 18.4 Å². The summed E-state index contributed by atoms with van der Waals surface area (Å²) in [5, 5.41) is 10.0. The smallest absolute Gasteiger partial charge is 0.276 e. The summed E-state index contributed by atoms with van der Waals surface area (Å²) in [5.74, 6) is -0.271. The number of aromatic nitrogens is 2. The second-order valence-electron chi connectivity index (χ2n) is 6.43. The highest BCUT2D eigenvalue weighted by Crippen LogP contribution is 2.24. The fraction of sp³-hybridized carbons (Fsp3) is 0.318. The molecule has 0 aliphatic rings. The zero-order valence-corrected chi connectivity index (χ0v) is 17.7. The maximum absolute atomic E-state index is 12.9. The van der Waals surface area contributed by atoms with Crippen LogP contribution in [-0.4, -0.2) is 41.8 Å². The lowest BCUT2D eigenvalue weighted by Gasteiger charge is -2.12. The van der Waals surface area contributed by atoms with E-state index in [4.69, 9.17) is 10.5 Å². The number of nitrogens with two attached hydrogens (primary N) is 1. The van der Waals surface area contributed by atoms with Crippen LogP contribution in [-0.2, 0) is 6.54 Å². The fourth-order valence-electron chi connectivity index (χ4n) is 2.99. The summed E-state index contributed by atoms with van der Waals surface area (Å²) in [7, 11) is 1.49. The lowest BCUT2D eigenvalue weighted by atomic mass is 10.1. The Morgan fingerprint density at radius 3 is 2.70 bits per heavy atom. The molecule has 0 spiro atoms. The predicted octanol–water partition coefficient (Wildman–Crippen LogP) is 2.92. The van der Waals surface area contributed by atoms with Crippen molar-refractivity contribution in [3.8, 4) is 5.75 Å². The molecular weight excluding hydrogens is 382 g/mol. The van der Waals surface area contributed by atoms with Gasteiger partial charge in [0.2, 0.25) is 0 Å². The Balaban J connectivity index is 2.32. The van der Waals surface area contributed by atoms with Crippen molar-refractivity contribution < 1.29 is 14.3 Å². The van der Waals surface area contributed by atoms with Crippen LogP contribution in [0.1, 0.15) is 52.4 Å². The summed E-state index contributed by atoms with van der Waals surface area (Å²) in [6.07, 6.45) is 6.07. The monoisotopic (exact) mass is 411 g/mol. The maximum Gasteiger partial charge on any atom is 0.276 e. The van der Waals surface area contributed by atoms with Crippen LogP contribution < -0.4 is 21.1 Å². The number of benzene rings is 1. The van der Waals surface area contributed by atoms with Crippen molar-refractivity contribution in [1.82, 2.24) is 15.1 Å². The third kappa shape index (κ3) is 5.15.